The Hall–Kier alpha value is -2.44. The molecule has 0 saturated heterocycles. The fourth-order valence-electron chi connectivity index (χ4n) is 3.79. The normalized spacial score (nSPS) is 17.7. The molecule has 3 aromatic rings. The van der Waals surface area contributed by atoms with Crippen LogP contribution in [0.1, 0.15) is 33.7 Å². The van der Waals surface area contributed by atoms with Gasteiger partial charge in [0.05, 0.1) is 11.1 Å². The third-order valence-corrected chi connectivity index (χ3v) is 7.21. The Morgan fingerprint density at radius 2 is 1.89 bits per heavy atom. The summed E-state index contributed by atoms with van der Waals surface area (Å²) < 4.78 is 30.3. The summed E-state index contributed by atoms with van der Waals surface area (Å²) >= 11 is 0. The summed E-state index contributed by atoms with van der Waals surface area (Å²) in [5, 5.41) is 4.28. The van der Waals surface area contributed by atoms with Gasteiger partial charge >= 0.3 is 0 Å². The smallest absolute Gasteiger partial charge is 0.243 e. The highest BCUT2D eigenvalue weighted by Gasteiger charge is 2.35. The first kappa shape index (κ1) is 17.9. The van der Waals surface area contributed by atoms with Crippen LogP contribution in [-0.2, 0) is 23.6 Å². The van der Waals surface area contributed by atoms with Crippen LogP contribution in [0.4, 0.5) is 0 Å². The summed E-state index contributed by atoms with van der Waals surface area (Å²) in [5.41, 5.74) is 4.98. The summed E-state index contributed by atoms with van der Waals surface area (Å²) in [6.07, 6.45) is 3.80. The molecule has 0 N–H and O–H groups in total. The van der Waals surface area contributed by atoms with Crippen molar-refractivity contribution in [1.82, 2.24) is 14.1 Å². The zero-order chi connectivity index (χ0) is 19.2. The topological polar surface area (TPSA) is 55.2 Å². The van der Waals surface area contributed by atoms with Gasteiger partial charge in [0.25, 0.3) is 0 Å². The summed E-state index contributed by atoms with van der Waals surface area (Å²) in [6.45, 7) is 4.58. The Labute approximate surface area is 160 Å². The molecule has 1 aromatic heterocycles. The molecule has 2 heterocycles. The van der Waals surface area contributed by atoms with Gasteiger partial charge in [-0.25, -0.2) is 8.42 Å². The minimum Gasteiger partial charge on any atom is -0.276 e. The van der Waals surface area contributed by atoms with Gasteiger partial charge in [-0.05, 0) is 47.7 Å². The van der Waals surface area contributed by atoms with Crippen molar-refractivity contribution in [2.45, 2.75) is 31.2 Å². The molecule has 27 heavy (non-hydrogen) atoms. The van der Waals surface area contributed by atoms with Gasteiger partial charge < -0.3 is 0 Å². The molecule has 0 bridgehead atoms. The molecule has 0 saturated carbocycles. The van der Waals surface area contributed by atoms with Gasteiger partial charge in [0, 0.05) is 32.3 Å². The zero-order valence-electron chi connectivity index (χ0n) is 15.8. The van der Waals surface area contributed by atoms with E-state index >= 15 is 0 Å². The third kappa shape index (κ3) is 3.19. The number of aromatic nitrogens is 2. The van der Waals surface area contributed by atoms with Gasteiger partial charge in [-0.3, -0.25) is 4.68 Å². The average molecular weight is 382 g/mol. The maximum atomic E-state index is 13.5. The molecule has 1 unspecified atom stereocenters. The quantitative estimate of drug-likeness (QED) is 0.699. The van der Waals surface area contributed by atoms with E-state index in [1.807, 2.05) is 63.6 Å². The molecule has 140 valence electrons. The summed E-state index contributed by atoms with van der Waals surface area (Å²) in [6, 6.07) is 13.7. The van der Waals surface area contributed by atoms with Crippen LogP contribution in [0.2, 0.25) is 0 Å². The first-order valence-electron chi connectivity index (χ1n) is 9.00. The van der Waals surface area contributed by atoms with Gasteiger partial charge in [-0.2, -0.15) is 9.40 Å². The van der Waals surface area contributed by atoms with Gasteiger partial charge in [-0.1, -0.05) is 36.4 Å². The number of hydrogen-bond acceptors (Lipinski definition) is 3. The monoisotopic (exact) mass is 381 g/mol. The predicted octanol–water partition coefficient (Wildman–Crippen LogP) is 3.37. The van der Waals surface area contributed by atoms with Gasteiger partial charge in [0.15, 0.2) is 0 Å². The lowest BCUT2D eigenvalue weighted by Gasteiger charge is -2.34. The first-order valence-corrected chi connectivity index (χ1v) is 10.4. The molecule has 1 aliphatic rings. The largest absolute Gasteiger partial charge is 0.276 e. The van der Waals surface area contributed by atoms with E-state index in [1.165, 1.54) is 5.56 Å². The van der Waals surface area contributed by atoms with Crippen molar-refractivity contribution >= 4 is 10.0 Å². The highest BCUT2D eigenvalue weighted by atomic mass is 32.2. The molecule has 5 nitrogen and oxygen atoms in total. The van der Waals surface area contributed by atoms with Gasteiger partial charge in [-0.15, -0.1) is 0 Å². The maximum Gasteiger partial charge on any atom is 0.243 e. The molecule has 0 aliphatic carbocycles. The molecule has 0 amide bonds. The fourth-order valence-corrected chi connectivity index (χ4v) is 5.53. The molecule has 6 heteroatoms. The van der Waals surface area contributed by atoms with Crippen LogP contribution in [0.15, 0.2) is 59.8 Å². The van der Waals surface area contributed by atoms with Crippen molar-refractivity contribution < 1.29 is 8.42 Å². The van der Waals surface area contributed by atoms with E-state index in [0.29, 0.717) is 18.0 Å². The summed E-state index contributed by atoms with van der Waals surface area (Å²) in [7, 11) is -1.71. The average Bonchev–Trinajstić information content (AvgIpc) is 3.09. The van der Waals surface area contributed by atoms with E-state index < -0.39 is 10.0 Å². The van der Waals surface area contributed by atoms with Gasteiger partial charge in [0.2, 0.25) is 10.0 Å². The Morgan fingerprint density at radius 1 is 1.11 bits per heavy atom. The Bertz CT molecular complexity index is 1100. The lowest BCUT2D eigenvalue weighted by atomic mass is 9.87. The van der Waals surface area contributed by atoms with Crippen LogP contribution in [0.5, 0.6) is 0 Å². The van der Waals surface area contributed by atoms with E-state index in [2.05, 4.69) is 11.2 Å². The number of rotatable bonds is 3. The van der Waals surface area contributed by atoms with Crippen molar-refractivity contribution in [3.63, 3.8) is 0 Å². The van der Waals surface area contributed by atoms with Crippen molar-refractivity contribution in [2.75, 3.05) is 6.54 Å². The van der Waals surface area contributed by atoms with E-state index in [9.17, 15) is 8.42 Å². The second-order valence-electron chi connectivity index (χ2n) is 7.27. The molecule has 4 rings (SSSR count). The van der Waals surface area contributed by atoms with E-state index in [-0.39, 0.29) is 5.92 Å². The number of fused-ring (bicyclic) bond motifs is 1. The minimum absolute atomic E-state index is 0.0245. The van der Waals surface area contributed by atoms with Crippen molar-refractivity contribution in [1.29, 1.82) is 0 Å². The third-order valence-electron chi connectivity index (χ3n) is 5.25. The number of aryl methyl sites for hydroxylation is 3. The van der Waals surface area contributed by atoms with Gasteiger partial charge in [0.1, 0.15) is 0 Å². The number of sulfonamides is 1. The van der Waals surface area contributed by atoms with E-state index in [4.69, 9.17) is 0 Å². The highest BCUT2D eigenvalue weighted by Crippen LogP contribution is 2.36. The lowest BCUT2D eigenvalue weighted by Crippen LogP contribution is -2.38. The molecule has 1 aliphatic heterocycles. The first-order chi connectivity index (χ1) is 12.9. The SMILES string of the molecule is Cc1ccc(C)c(S(=O)(=O)N2Cc3ccccc3C(c3cnn(C)c3)C2)c1. The Balaban J connectivity index is 1.80. The summed E-state index contributed by atoms with van der Waals surface area (Å²) in [5.74, 6) is -0.0245. The van der Waals surface area contributed by atoms with Crippen LogP contribution >= 0.6 is 0 Å². The van der Waals surface area contributed by atoms with Crippen LogP contribution < -0.4 is 0 Å². The Kier molecular flexibility index (Phi) is 4.40. The minimum atomic E-state index is -3.59. The van der Waals surface area contributed by atoms with Crippen LogP contribution in [0.3, 0.4) is 0 Å². The lowest BCUT2D eigenvalue weighted by molar-refractivity contribution is 0.371. The van der Waals surface area contributed by atoms with Crippen molar-refractivity contribution in [3.05, 3.63) is 82.7 Å². The number of nitrogens with zero attached hydrogens (tertiary/aromatic N) is 3. The second kappa shape index (κ2) is 6.62. The fraction of sp³-hybridized carbons (Fsp3) is 0.286. The summed E-state index contributed by atoms with van der Waals surface area (Å²) in [4.78, 5) is 0.395. The van der Waals surface area contributed by atoms with Crippen molar-refractivity contribution in [2.24, 2.45) is 7.05 Å². The number of hydrogen-bond donors (Lipinski definition) is 0. The zero-order valence-corrected chi connectivity index (χ0v) is 16.6. The Morgan fingerprint density at radius 3 is 2.63 bits per heavy atom. The number of benzene rings is 2. The van der Waals surface area contributed by atoms with E-state index in [1.54, 1.807) is 15.1 Å². The molecule has 2 aromatic carbocycles. The van der Waals surface area contributed by atoms with Crippen LogP contribution in [0.25, 0.3) is 0 Å². The molecular weight excluding hydrogens is 358 g/mol. The predicted molar refractivity (Wildman–Crippen MR) is 105 cm³/mol. The molecule has 0 fully saturated rings. The molecular formula is C21H23N3O2S. The standard InChI is InChI=1S/C21H23N3O2S/c1-15-8-9-16(2)21(10-15)27(25,26)24-13-17-6-4-5-7-19(17)20(14-24)18-11-22-23(3)12-18/h4-12,20H,13-14H2,1-3H3. The molecule has 0 radical (unpaired) electrons. The molecule has 0 spiro atoms. The maximum absolute atomic E-state index is 13.5. The van der Waals surface area contributed by atoms with Crippen LogP contribution in [0, 0.1) is 13.8 Å². The molecule has 1 atom stereocenters. The van der Waals surface area contributed by atoms with Crippen molar-refractivity contribution in [3.8, 4) is 0 Å². The van der Waals surface area contributed by atoms with Crippen LogP contribution in [-0.4, -0.2) is 29.0 Å². The van der Waals surface area contributed by atoms with E-state index in [0.717, 1.165) is 22.3 Å². The second-order valence-corrected chi connectivity index (χ2v) is 9.17. The highest BCUT2D eigenvalue weighted by molar-refractivity contribution is 7.89.